The SMILES string of the molecule is O=C(O)c1cc(F)cc(-c2cccc(CC(=O)C3(c4ccc5c(c4)OCO5)CC3)n2)c1. The van der Waals surface area contributed by atoms with Crippen LogP contribution in [0.1, 0.15) is 34.5 Å². The van der Waals surface area contributed by atoms with Crippen molar-refractivity contribution < 1.29 is 28.6 Å². The fraction of sp³-hybridized carbons (Fsp3) is 0.208. The number of pyridine rings is 1. The van der Waals surface area contributed by atoms with E-state index in [9.17, 15) is 14.0 Å². The second-order valence-electron chi connectivity index (χ2n) is 7.80. The Balaban J connectivity index is 1.40. The molecular weight excluding hydrogens is 401 g/mol. The molecule has 3 aromatic rings. The molecule has 7 heteroatoms. The number of carbonyl (C=O) groups is 2. The minimum Gasteiger partial charge on any atom is -0.478 e. The molecule has 2 aromatic carbocycles. The van der Waals surface area contributed by atoms with Gasteiger partial charge in [0.25, 0.3) is 0 Å². The summed E-state index contributed by atoms with van der Waals surface area (Å²) < 4.78 is 24.7. The van der Waals surface area contributed by atoms with E-state index >= 15 is 0 Å². The predicted octanol–water partition coefficient (Wildman–Crippen LogP) is 4.16. The molecule has 1 fully saturated rings. The van der Waals surface area contributed by atoms with Crippen molar-refractivity contribution in [2.75, 3.05) is 6.79 Å². The zero-order valence-corrected chi connectivity index (χ0v) is 16.4. The van der Waals surface area contributed by atoms with Gasteiger partial charge in [-0.2, -0.15) is 0 Å². The molecule has 1 saturated carbocycles. The van der Waals surface area contributed by atoms with Gasteiger partial charge in [-0.15, -0.1) is 0 Å². The first-order valence-electron chi connectivity index (χ1n) is 9.88. The van der Waals surface area contributed by atoms with Crippen molar-refractivity contribution in [1.82, 2.24) is 4.98 Å². The highest BCUT2D eigenvalue weighted by molar-refractivity contribution is 5.94. The monoisotopic (exact) mass is 419 g/mol. The lowest BCUT2D eigenvalue weighted by Gasteiger charge is -2.15. The van der Waals surface area contributed by atoms with Crippen LogP contribution in [0.3, 0.4) is 0 Å². The molecule has 0 atom stereocenters. The van der Waals surface area contributed by atoms with E-state index in [1.165, 1.54) is 12.1 Å². The molecule has 1 N–H and O–H groups in total. The number of fused-ring (bicyclic) bond motifs is 1. The molecule has 31 heavy (non-hydrogen) atoms. The van der Waals surface area contributed by atoms with Gasteiger partial charge in [0.05, 0.1) is 16.7 Å². The van der Waals surface area contributed by atoms with E-state index in [0.717, 1.165) is 24.5 Å². The Hall–Kier alpha value is -3.74. The summed E-state index contributed by atoms with van der Waals surface area (Å²) in [6.07, 6.45) is 1.65. The molecule has 0 bridgehead atoms. The third kappa shape index (κ3) is 3.52. The van der Waals surface area contributed by atoms with Crippen molar-refractivity contribution in [1.29, 1.82) is 0 Å². The van der Waals surface area contributed by atoms with Gasteiger partial charge in [-0.25, -0.2) is 9.18 Å². The molecule has 2 heterocycles. The minimum absolute atomic E-state index is 0.0569. The largest absolute Gasteiger partial charge is 0.478 e. The number of carbonyl (C=O) groups excluding carboxylic acids is 1. The molecule has 1 aliphatic carbocycles. The lowest BCUT2D eigenvalue weighted by molar-refractivity contribution is -0.120. The summed E-state index contributed by atoms with van der Waals surface area (Å²) in [4.78, 5) is 28.9. The van der Waals surface area contributed by atoms with Gasteiger partial charge in [0.1, 0.15) is 11.6 Å². The highest BCUT2D eigenvalue weighted by Crippen LogP contribution is 2.51. The first kappa shape index (κ1) is 19.2. The second kappa shape index (κ2) is 7.19. The summed E-state index contributed by atoms with van der Waals surface area (Å²) in [5.74, 6) is -0.486. The second-order valence-corrected chi connectivity index (χ2v) is 7.80. The zero-order valence-electron chi connectivity index (χ0n) is 16.4. The standard InChI is InChI=1S/C24H18FNO5/c25-17-9-14(8-15(10-17)23(28)29)19-3-1-2-18(26-19)12-22(27)24(6-7-24)16-4-5-20-21(11-16)31-13-30-20/h1-5,8-11H,6-7,12-13H2,(H,28,29). The van der Waals surface area contributed by atoms with Crippen LogP contribution in [-0.2, 0) is 16.6 Å². The number of carboxylic acid groups (broad SMARTS) is 1. The molecule has 6 nitrogen and oxygen atoms in total. The Labute approximate surface area is 177 Å². The van der Waals surface area contributed by atoms with Gasteiger partial charge in [0.15, 0.2) is 11.5 Å². The molecule has 0 saturated heterocycles. The first-order chi connectivity index (χ1) is 14.9. The lowest BCUT2D eigenvalue weighted by atomic mass is 9.88. The number of halogens is 1. The number of Topliss-reactive ketones (excluding diaryl/α,β-unsaturated/α-hetero) is 1. The first-order valence-corrected chi connectivity index (χ1v) is 9.88. The maximum atomic E-state index is 13.9. The van der Waals surface area contributed by atoms with E-state index in [1.807, 2.05) is 18.2 Å². The summed E-state index contributed by atoms with van der Waals surface area (Å²) in [5, 5.41) is 9.17. The Morgan fingerprint density at radius 1 is 1.03 bits per heavy atom. The molecule has 2 aliphatic rings. The van der Waals surface area contributed by atoms with Crippen LogP contribution < -0.4 is 9.47 Å². The van der Waals surface area contributed by atoms with E-state index in [2.05, 4.69) is 4.98 Å². The van der Waals surface area contributed by atoms with E-state index in [4.69, 9.17) is 14.6 Å². The van der Waals surface area contributed by atoms with Crippen molar-refractivity contribution in [2.45, 2.75) is 24.7 Å². The number of carboxylic acids is 1. The minimum atomic E-state index is -1.22. The van der Waals surface area contributed by atoms with Crippen LogP contribution in [0.2, 0.25) is 0 Å². The van der Waals surface area contributed by atoms with Gasteiger partial charge in [0.2, 0.25) is 6.79 Å². The smallest absolute Gasteiger partial charge is 0.335 e. The summed E-state index contributed by atoms with van der Waals surface area (Å²) in [6, 6.07) is 14.3. The van der Waals surface area contributed by atoms with Crippen molar-refractivity contribution in [3.05, 3.63) is 77.2 Å². The summed E-state index contributed by atoms with van der Waals surface area (Å²) in [5.41, 5.74) is 1.53. The number of ketones is 1. The molecule has 0 radical (unpaired) electrons. The van der Waals surface area contributed by atoms with E-state index < -0.39 is 17.2 Å². The highest BCUT2D eigenvalue weighted by Gasteiger charge is 2.50. The molecule has 5 rings (SSSR count). The van der Waals surface area contributed by atoms with Crippen LogP contribution >= 0.6 is 0 Å². The van der Waals surface area contributed by atoms with Crippen LogP contribution in [0.4, 0.5) is 4.39 Å². The number of rotatable bonds is 6. The number of aromatic nitrogens is 1. The maximum absolute atomic E-state index is 13.9. The third-order valence-electron chi connectivity index (χ3n) is 5.80. The van der Waals surface area contributed by atoms with Crippen LogP contribution in [0, 0.1) is 5.82 Å². The normalized spacial score (nSPS) is 15.5. The molecule has 0 amide bonds. The molecular formula is C24H18FNO5. The summed E-state index contributed by atoms with van der Waals surface area (Å²) in [7, 11) is 0. The van der Waals surface area contributed by atoms with Gasteiger partial charge in [-0.3, -0.25) is 9.78 Å². The molecule has 1 aromatic heterocycles. The fourth-order valence-corrected chi connectivity index (χ4v) is 3.98. The lowest BCUT2D eigenvalue weighted by Crippen LogP contribution is -2.23. The number of hydrogen-bond donors (Lipinski definition) is 1. The Morgan fingerprint density at radius 2 is 1.84 bits per heavy atom. The maximum Gasteiger partial charge on any atom is 0.335 e. The van der Waals surface area contributed by atoms with Crippen LogP contribution in [0.15, 0.2) is 54.6 Å². The third-order valence-corrected chi connectivity index (χ3v) is 5.80. The average Bonchev–Trinajstić information content (AvgIpc) is 3.44. The molecule has 156 valence electrons. The van der Waals surface area contributed by atoms with Crippen LogP contribution in [0.5, 0.6) is 11.5 Å². The Bertz CT molecular complexity index is 1220. The van der Waals surface area contributed by atoms with Crippen molar-refractivity contribution >= 4 is 11.8 Å². The quantitative estimate of drug-likeness (QED) is 0.646. The topological polar surface area (TPSA) is 85.7 Å². The van der Waals surface area contributed by atoms with Gasteiger partial charge < -0.3 is 14.6 Å². The van der Waals surface area contributed by atoms with E-state index in [0.29, 0.717) is 28.5 Å². The number of aromatic carboxylic acids is 1. The summed E-state index contributed by atoms with van der Waals surface area (Å²) in [6.45, 7) is 0.181. The van der Waals surface area contributed by atoms with Gasteiger partial charge in [-0.05, 0) is 60.9 Å². The predicted molar refractivity (Wildman–Crippen MR) is 109 cm³/mol. The van der Waals surface area contributed by atoms with E-state index in [1.54, 1.807) is 18.2 Å². The van der Waals surface area contributed by atoms with Crippen LogP contribution in [-0.4, -0.2) is 28.6 Å². The number of nitrogens with zero attached hydrogens (tertiary/aromatic N) is 1. The van der Waals surface area contributed by atoms with Gasteiger partial charge >= 0.3 is 5.97 Å². The van der Waals surface area contributed by atoms with Crippen molar-refractivity contribution in [3.8, 4) is 22.8 Å². The molecule has 0 spiro atoms. The Morgan fingerprint density at radius 3 is 2.61 bits per heavy atom. The average molecular weight is 419 g/mol. The van der Waals surface area contributed by atoms with Gasteiger partial charge in [0, 0.05) is 17.7 Å². The van der Waals surface area contributed by atoms with Crippen molar-refractivity contribution in [2.24, 2.45) is 0 Å². The molecule has 1 aliphatic heterocycles. The number of benzene rings is 2. The van der Waals surface area contributed by atoms with Crippen LogP contribution in [0.25, 0.3) is 11.3 Å². The highest BCUT2D eigenvalue weighted by atomic mass is 19.1. The Kier molecular flexibility index (Phi) is 4.46. The number of hydrogen-bond acceptors (Lipinski definition) is 5. The van der Waals surface area contributed by atoms with Crippen molar-refractivity contribution in [3.63, 3.8) is 0 Å². The number of ether oxygens (including phenoxy) is 2. The zero-order chi connectivity index (χ0) is 21.6. The molecule has 0 unspecified atom stereocenters. The fourth-order valence-electron chi connectivity index (χ4n) is 3.98. The van der Waals surface area contributed by atoms with E-state index in [-0.39, 0.29) is 24.6 Å². The summed E-state index contributed by atoms with van der Waals surface area (Å²) >= 11 is 0. The van der Waals surface area contributed by atoms with Gasteiger partial charge in [-0.1, -0.05) is 12.1 Å².